The van der Waals surface area contributed by atoms with Gasteiger partial charge in [0.1, 0.15) is 5.78 Å². The number of rotatable bonds is 5. The molecule has 0 aliphatic carbocycles. The standard InChI is InChI=1S/C14H17N3O/c1-17-10-12(9-16-17)8-14(18)7-4-11-2-5-13(15)6-3-11/h2-3,5-6,9-10H,4,7-8,15H2,1H3. The first-order valence-corrected chi connectivity index (χ1v) is 5.97. The summed E-state index contributed by atoms with van der Waals surface area (Å²) in [6.45, 7) is 0. The van der Waals surface area contributed by atoms with Crippen molar-refractivity contribution in [3.05, 3.63) is 47.8 Å². The molecule has 1 aromatic heterocycles. The zero-order chi connectivity index (χ0) is 13.0. The van der Waals surface area contributed by atoms with Gasteiger partial charge in [0.25, 0.3) is 0 Å². The number of carbonyl (C=O) groups excluding carboxylic acids is 1. The molecule has 1 aromatic carbocycles. The Kier molecular flexibility index (Phi) is 3.77. The smallest absolute Gasteiger partial charge is 0.137 e. The lowest BCUT2D eigenvalue weighted by atomic mass is 10.0. The van der Waals surface area contributed by atoms with Crippen molar-refractivity contribution in [2.45, 2.75) is 19.3 Å². The van der Waals surface area contributed by atoms with Gasteiger partial charge >= 0.3 is 0 Å². The van der Waals surface area contributed by atoms with Crippen molar-refractivity contribution in [2.75, 3.05) is 5.73 Å². The van der Waals surface area contributed by atoms with Crippen molar-refractivity contribution in [3.63, 3.8) is 0 Å². The second-order valence-corrected chi connectivity index (χ2v) is 4.48. The number of aryl methyl sites for hydroxylation is 2. The third-order valence-corrected chi connectivity index (χ3v) is 2.83. The number of nitrogens with two attached hydrogens (primary N) is 1. The predicted octanol–water partition coefficient (Wildman–Crippen LogP) is 1.75. The normalized spacial score (nSPS) is 10.5. The highest BCUT2D eigenvalue weighted by Crippen LogP contribution is 2.09. The van der Waals surface area contributed by atoms with Crippen molar-refractivity contribution in [2.24, 2.45) is 7.05 Å². The van der Waals surface area contributed by atoms with E-state index in [9.17, 15) is 4.79 Å². The molecule has 2 N–H and O–H groups in total. The molecule has 0 aliphatic heterocycles. The van der Waals surface area contributed by atoms with Gasteiger partial charge < -0.3 is 5.73 Å². The quantitative estimate of drug-likeness (QED) is 0.814. The summed E-state index contributed by atoms with van der Waals surface area (Å²) in [4.78, 5) is 11.8. The van der Waals surface area contributed by atoms with Gasteiger partial charge in [-0.05, 0) is 29.7 Å². The molecular weight excluding hydrogens is 226 g/mol. The lowest BCUT2D eigenvalue weighted by Gasteiger charge is -2.01. The Labute approximate surface area is 106 Å². The number of nitrogens with zero attached hydrogens (tertiary/aromatic N) is 2. The molecule has 0 unspecified atom stereocenters. The first-order valence-electron chi connectivity index (χ1n) is 5.97. The number of carbonyl (C=O) groups is 1. The van der Waals surface area contributed by atoms with Gasteiger partial charge in [-0.2, -0.15) is 5.10 Å². The lowest BCUT2D eigenvalue weighted by Crippen LogP contribution is -2.03. The zero-order valence-corrected chi connectivity index (χ0v) is 10.5. The van der Waals surface area contributed by atoms with Crippen molar-refractivity contribution in [1.82, 2.24) is 9.78 Å². The summed E-state index contributed by atoms with van der Waals surface area (Å²) < 4.78 is 1.71. The Balaban J connectivity index is 1.83. The van der Waals surface area contributed by atoms with Crippen molar-refractivity contribution >= 4 is 11.5 Å². The average Bonchev–Trinajstić information content (AvgIpc) is 2.74. The molecule has 18 heavy (non-hydrogen) atoms. The highest BCUT2D eigenvalue weighted by molar-refractivity contribution is 5.80. The number of hydrogen-bond acceptors (Lipinski definition) is 3. The predicted molar refractivity (Wildman–Crippen MR) is 71.1 cm³/mol. The molecule has 4 nitrogen and oxygen atoms in total. The van der Waals surface area contributed by atoms with Crippen LogP contribution in [-0.2, 0) is 24.7 Å². The van der Waals surface area contributed by atoms with E-state index in [-0.39, 0.29) is 5.78 Å². The van der Waals surface area contributed by atoms with Crippen LogP contribution in [0.25, 0.3) is 0 Å². The summed E-state index contributed by atoms with van der Waals surface area (Å²) in [6.07, 6.45) is 5.39. The van der Waals surface area contributed by atoms with Crippen LogP contribution >= 0.6 is 0 Å². The van der Waals surface area contributed by atoms with E-state index in [1.807, 2.05) is 37.5 Å². The topological polar surface area (TPSA) is 60.9 Å². The molecule has 2 rings (SSSR count). The Hall–Kier alpha value is -2.10. The number of Topliss-reactive ketones (excluding diaryl/α,β-unsaturated/α-hetero) is 1. The maximum atomic E-state index is 11.8. The van der Waals surface area contributed by atoms with Gasteiger partial charge in [0, 0.05) is 31.8 Å². The lowest BCUT2D eigenvalue weighted by molar-refractivity contribution is -0.118. The summed E-state index contributed by atoms with van der Waals surface area (Å²) >= 11 is 0. The number of aromatic nitrogens is 2. The second kappa shape index (κ2) is 5.49. The zero-order valence-electron chi connectivity index (χ0n) is 10.5. The number of anilines is 1. The van der Waals surface area contributed by atoms with Crippen LogP contribution in [0.3, 0.4) is 0 Å². The molecule has 0 atom stereocenters. The third kappa shape index (κ3) is 3.45. The summed E-state index contributed by atoms with van der Waals surface area (Å²) in [5, 5.41) is 4.05. The van der Waals surface area contributed by atoms with Gasteiger partial charge in [-0.3, -0.25) is 9.48 Å². The fourth-order valence-electron chi connectivity index (χ4n) is 1.85. The fraction of sp³-hybridized carbons (Fsp3) is 0.286. The van der Waals surface area contributed by atoms with Crippen LogP contribution < -0.4 is 5.73 Å². The van der Waals surface area contributed by atoms with Gasteiger partial charge in [0.05, 0.1) is 6.20 Å². The van der Waals surface area contributed by atoms with Crippen LogP contribution in [-0.4, -0.2) is 15.6 Å². The molecule has 0 amide bonds. The third-order valence-electron chi connectivity index (χ3n) is 2.83. The van der Waals surface area contributed by atoms with E-state index < -0.39 is 0 Å². The summed E-state index contributed by atoms with van der Waals surface area (Å²) in [7, 11) is 1.85. The minimum absolute atomic E-state index is 0.236. The van der Waals surface area contributed by atoms with Crippen molar-refractivity contribution < 1.29 is 4.79 Å². The number of benzene rings is 1. The number of hydrogen-bond donors (Lipinski definition) is 1. The largest absolute Gasteiger partial charge is 0.399 e. The van der Waals surface area contributed by atoms with E-state index in [4.69, 9.17) is 5.73 Å². The average molecular weight is 243 g/mol. The second-order valence-electron chi connectivity index (χ2n) is 4.48. The van der Waals surface area contributed by atoms with Gasteiger partial charge in [-0.15, -0.1) is 0 Å². The Morgan fingerprint density at radius 1 is 1.28 bits per heavy atom. The highest BCUT2D eigenvalue weighted by Gasteiger charge is 2.06. The van der Waals surface area contributed by atoms with E-state index in [1.165, 1.54) is 0 Å². The first kappa shape index (κ1) is 12.4. The molecule has 0 saturated heterocycles. The molecule has 0 aliphatic rings. The minimum atomic E-state index is 0.236. The van der Waals surface area contributed by atoms with Gasteiger partial charge in [0.2, 0.25) is 0 Å². The summed E-state index contributed by atoms with van der Waals surface area (Å²) in [6, 6.07) is 7.65. The van der Waals surface area contributed by atoms with E-state index in [2.05, 4.69) is 5.10 Å². The Morgan fingerprint density at radius 2 is 2.00 bits per heavy atom. The number of nitrogen functional groups attached to an aromatic ring is 1. The SMILES string of the molecule is Cn1cc(CC(=O)CCc2ccc(N)cc2)cn1. The van der Waals surface area contributed by atoms with Crippen LogP contribution in [0.2, 0.25) is 0 Å². The van der Waals surface area contributed by atoms with Crippen LogP contribution in [0, 0.1) is 0 Å². The molecular formula is C14H17N3O. The maximum absolute atomic E-state index is 11.8. The maximum Gasteiger partial charge on any atom is 0.137 e. The summed E-state index contributed by atoms with van der Waals surface area (Å²) in [5.74, 6) is 0.236. The Bertz CT molecular complexity index is 528. The molecule has 1 heterocycles. The minimum Gasteiger partial charge on any atom is -0.399 e. The molecule has 0 spiro atoms. The fourth-order valence-corrected chi connectivity index (χ4v) is 1.85. The van der Waals surface area contributed by atoms with Crippen molar-refractivity contribution in [1.29, 1.82) is 0 Å². The molecule has 0 bridgehead atoms. The molecule has 0 fully saturated rings. The number of ketones is 1. The molecule has 2 aromatic rings. The van der Waals surface area contributed by atoms with E-state index in [1.54, 1.807) is 10.9 Å². The highest BCUT2D eigenvalue weighted by atomic mass is 16.1. The monoisotopic (exact) mass is 243 g/mol. The molecule has 94 valence electrons. The van der Waals surface area contributed by atoms with Crippen molar-refractivity contribution in [3.8, 4) is 0 Å². The van der Waals surface area contributed by atoms with Gasteiger partial charge in [-0.25, -0.2) is 0 Å². The molecule has 0 saturated carbocycles. The molecule has 4 heteroatoms. The van der Waals surface area contributed by atoms with Crippen LogP contribution in [0.5, 0.6) is 0 Å². The van der Waals surface area contributed by atoms with E-state index in [0.717, 1.165) is 23.2 Å². The van der Waals surface area contributed by atoms with Gasteiger partial charge in [0.15, 0.2) is 0 Å². The molecule has 0 radical (unpaired) electrons. The summed E-state index contributed by atoms with van der Waals surface area (Å²) in [5.41, 5.74) is 8.48. The first-order chi connectivity index (χ1) is 8.63. The van der Waals surface area contributed by atoms with Crippen LogP contribution in [0.15, 0.2) is 36.7 Å². The van der Waals surface area contributed by atoms with E-state index >= 15 is 0 Å². The van der Waals surface area contributed by atoms with Crippen LogP contribution in [0.1, 0.15) is 17.5 Å². The van der Waals surface area contributed by atoms with Crippen LogP contribution in [0.4, 0.5) is 5.69 Å². The van der Waals surface area contributed by atoms with Gasteiger partial charge in [-0.1, -0.05) is 12.1 Å². The van der Waals surface area contributed by atoms with E-state index in [0.29, 0.717) is 12.8 Å². The Morgan fingerprint density at radius 3 is 2.61 bits per heavy atom.